The topological polar surface area (TPSA) is 55.4 Å². The van der Waals surface area contributed by atoms with Gasteiger partial charge in [0.2, 0.25) is 0 Å². The van der Waals surface area contributed by atoms with Gasteiger partial charge in [-0.2, -0.15) is 0 Å². The van der Waals surface area contributed by atoms with Crippen molar-refractivity contribution in [3.05, 3.63) is 89.5 Å². The number of allylic oxidation sites excluding steroid dienone is 1. The largest absolute Gasteiger partial charge is 0.497 e. The summed E-state index contributed by atoms with van der Waals surface area (Å²) >= 11 is 0. The molecule has 2 aromatic rings. The molecule has 6 atom stereocenters. The summed E-state index contributed by atoms with van der Waals surface area (Å²) in [6.45, 7) is 22.5. The average molecular weight is 723 g/mol. The normalized spacial score (nSPS) is 22.2. The van der Waals surface area contributed by atoms with Crippen molar-refractivity contribution in [3.8, 4) is 5.75 Å². The molecule has 3 rings (SSSR count). The summed E-state index contributed by atoms with van der Waals surface area (Å²) in [6, 6.07) is 18.5. The van der Waals surface area contributed by atoms with E-state index in [0.717, 1.165) is 62.9 Å². The Morgan fingerprint density at radius 1 is 0.980 bits per heavy atom. The smallest absolute Gasteiger partial charge is 0.192 e. The van der Waals surface area contributed by atoms with Crippen LogP contribution < -0.4 is 4.74 Å². The van der Waals surface area contributed by atoms with Crippen LogP contribution in [0.3, 0.4) is 0 Å². The van der Waals surface area contributed by atoms with Gasteiger partial charge in [0.25, 0.3) is 0 Å². The van der Waals surface area contributed by atoms with Crippen LogP contribution in [0.4, 0.5) is 0 Å². The first-order valence-electron chi connectivity index (χ1n) is 19.3. The van der Waals surface area contributed by atoms with Gasteiger partial charge in [0.15, 0.2) is 14.1 Å². The van der Waals surface area contributed by atoms with Crippen molar-refractivity contribution in [2.24, 2.45) is 11.8 Å². The molecule has 6 nitrogen and oxygen atoms in total. The van der Waals surface area contributed by atoms with E-state index in [1.807, 2.05) is 18.2 Å². The van der Waals surface area contributed by atoms with Gasteiger partial charge in [-0.15, -0.1) is 0 Å². The van der Waals surface area contributed by atoms with E-state index in [1.54, 1.807) is 14.2 Å². The van der Waals surface area contributed by atoms with Crippen molar-refractivity contribution < 1.29 is 28.1 Å². The Labute approximate surface area is 312 Å². The number of rotatable bonds is 21. The van der Waals surface area contributed by atoms with Crippen LogP contribution in [-0.4, -0.2) is 53.2 Å². The summed E-state index contributed by atoms with van der Waals surface area (Å²) in [5, 5.41) is 0.190. The van der Waals surface area contributed by atoms with Crippen LogP contribution in [0.25, 0.3) is 0 Å². The third kappa shape index (κ3) is 14.6. The fraction of sp³-hybridized carbons (Fsp3) is 0.636. The molecule has 2 aromatic carbocycles. The molecular weight excluding hydrogens is 653 g/mol. The molecule has 1 fully saturated rings. The zero-order valence-electron chi connectivity index (χ0n) is 33.8. The summed E-state index contributed by atoms with van der Waals surface area (Å²) in [6.07, 6.45) is 13.7. The Kier molecular flexibility index (Phi) is 17.6. The molecule has 0 aliphatic carbocycles. The highest BCUT2D eigenvalue weighted by Crippen LogP contribution is 2.38. The first kappa shape index (κ1) is 43.1. The molecule has 0 bridgehead atoms. The van der Waals surface area contributed by atoms with E-state index in [-0.39, 0.29) is 23.4 Å². The van der Waals surface area contributed by atoms with E-state index in [4.69, 9.17) is 28.1 Å². The molecule has 51 heavy (non-hydrogen) atoms. The highest BCUT2D eigenvalue weighted by molar-refractivity contribution is 6.74. The first-order valence-corrected chi connectivity index (χ1v) is 22.2. The van der Waals surface area contributed by atoms with Crippen molar-refractivity contribution >= 4 is 8.32 Å². The van der Waals surface area contributed by atoms with Gasteiger partial charge < -0.3 is 28.1 Å². The van der Waals surface area contributed by atoms with Gasteiger partial charge in [0.05, 0.1) is 38.6 Å². The van der Waals surface area contributed by atoms with Crippen molar-refractivity contribution in [3.63, 3.8) is 0 Å². The molecule has 0 aromatic heterocycles. The minimum atomic E-state index is -1.84. The number of benzene rings is 2. The van der Waals surface area contributed by atoms with Crippen molar-refractivity contribution in [2.75, 3.05) is 20.8 Å². The predicted octanol–water partition coefficient (Wildman–Crippen LogP) is 11.5. The lowest BCUT2D eigenvalue weighted by Gasteiger charge is -2.41. The van der Waals surface area contributed by atoms with Gasteiger partial charge >= 0.3 is 0 Å². The minimum absolute atomic E-state index is 0.0643. The van der Waals surface area contributed by atoms with E-state index in [2.05, 4.69) is 116 Å². The maximum atomic E-state index is 6.72. The monoisotopic (exact) mass is 722 g/mol. The second kappa shape index (κ2) is 20.8. The van der Waals surface area contributed by atoms with E-state index in [1.165, 1.54) is 11.1 Å². The molecule has 286 valence electrons. The summed E-state index contributed by atoms with van der Waals surface area (Å²) in [5.74, 6) is 1.03. The van der Waals surface area contributed by atoms with Crippen molar-refractivity contribution in [1.82, 2.24) is 0 Å². The van der Waals surface area contributed by atoms with Crippen molar-refractivity contribution in [1.29, 1.82) is 0 Å². The molecular formula is C44H70O6Si. The number of methoxy groups -OCH3 is 2. The van der Waals surface area contributed by atoms with Crippen LogP contribution in [0.5, 0.6) is 5.75 Å². The summed E-state index contributed by atoms with van der Waals surface area (Å²) in [7, 11) is 1.62. The molecule has 0 spiro atoms. The molecule has 0 unspecified atom stereocenters. The fourth-order valence-electron chi connectivity index (χ4n) is 6.31. The summed E-state index contributed by atoms with van der Waals surface area (Å²) < 4.78 is 37.4. The van der Waals surface area contributed by atoms with Gasteiger partial charge in [-0.3, -0.25) is 0 Å². The van der Waals surface area contributed by atoms with Crippen LogP contribution in [-0.2, 0) is 36.6 Å². The van der Waals surface area contributed by atoms with Crippen LogP contribution in [0.1, 0.15) is 105 Å². The lowest BCUT2D eigenvalue weighted by Crippen LogP contribution is -2.44. The highest BCUT2D eigenvalue weighted by atomic mass is 28.4. The third-order valence-corrected chi connectivity index (χ3v) is 15.5. The van der Waals surface area contributed by atoms with Crippen LogP contribution in [0.2, 0.25) is 18.1 Å². The molecule has 1 saturated heterocycles. The molecule has 1 aliphatic heterocycles. The minimum Gasteiger partial charge on any atom is -0.497 e. The van der Waals surface area contributed by atoms with E-state index >= 15 is 0 Å². The zero-order valence-corrected chi connectivity index (χ0v) is 34.8. The van der Waals surface area contributed by atoms with Gasteiger partial charge in [0, 0.05) is 20.1 Å². The molecule has 0 radical (unpaired) electrons. The molecule has 1 heterocycles. The van der Waals surface area contributed by atoms with Crippen LogP contribution in [0.15, 0.2) is 78.4 Å². The van der Waals surface area contributed by atoms with Crippen LogP contribution >= 0.6 is 0 Å². The number of hydrogen-bond donors (Lipinski definition) is 0. The second-order valence-electron chi connectivity index (χ2n) is 16.3. The van der Waals surface area contributed by atoms with E-state index in [0.29, 0.717) is 25.0 Å². The Bertz CT molecular complexity index is 1320. The summed E-state index contributed by atoms with van der Waals surface area (Å²) in [5.41, 5.74) is 3.65. The Balaban J connectivity index is 1.60. The van der Waals surface area contributed by atoms with Gasteiger partial charge in [-0.1, -0.05) is 89.2 Å². The molecule has 0 amide bonds. The van der Waals surface area contributed by atoms with E-state index in [9.17, 15) is 0 Å². The maximum absolute atomic E-state index is 6.72. The third-order valence-electron chi connectivity index (χ3n) is 11.0. The Morgan fingerprint density at radius 3 is 2.31 bits per heavy atom. The molecule has 0 N–H and O–H groups in total. The average Bonchev–Trinajstić information content (AvgIpc) is 3.10. The van der Waals surface area contributed by atoms with Crippen LogP contribution in [0, 0.1) is 11.8 Å². The fourth-order valence-corrected chi connectivity index (χ4v) is 7.74. The summed E-state index contributed by atoms with van der Waals surface area (Å²) in [4.78, 5) is 0. The van der Waals surface area contributed by atoms with Gasteiger partial charge in [-0.05, 0) is 117 Å². The second-order valence-corrected chi connectivity index (χ2v) is 21.0. The predicted molar refractivity (Wildman–Crippen MR) is 214 cm³/mol. The maximum Gasteiger partial charge on any atom is 0.192 e. The molecule has 0 saturated carbocycles. The molecule has 7 heteroatoms. The molecule has 1 aliphatic rings. The van der Waals surface area contributed by atoms with Gasteiger partial charge in [0.1, 0.15) is 5.75 Å². The Hall–Kier alpha value is -2.26. The van der Waals surface area contributed by atoms with E-state index < -0.39 is 14.1 Å². The Morgan fingerprint density at radius 2 is 1.67 bits per heavy atom. The van der Waals surface area contributed by atoms with Crippen molar-refractivity contribution in [2.45, 2.75) is 149 Å². The number of ether oxygens (including phenoxy) is 5. The first-order chi connectivity index (χ1) is 24.2. The lowest BCUT2D eigenvalue weighted by molar-refractivity contribution is -0.252. The quantitative estimate of drug-likeness (QED) is 0.0726. The lowest BCUT2D eigenvalue weighted by atomic mass is 9.89. The zero-order chi connectivity index (χ0) is 37.5. The standard InChI is InChI=1S/C44H70O6Si/c1-34(31-36(3)37(4)50-51(10,11)43(5,6)7)21-24-41(48-33-39-22-25-40(45-8)26-23-39)19-15-28-44(46-9)29-27-35(2)42(49-44)20-16-30-47-32-38-17-13-12-14-18-38/h12-15,17-18,22-23,25-26,28,31,34-35,37,41-42H,16,19-21,24,27,29-30,32-33H2,1-11H3/b28-15+,36-31+/t34-,35-,37-,41-,42+,44-/m0/s1. The SMILES string of the molecule is COc1ccc(CO[C@@H](C/C=C/[C@@]2(OC)CC[C@H](C)[C@@H](CCCOCc3ccccc3)O2)CC[C@H](C)/C=C(\C)[C@H](C)O[Si](C)(C)C(C)(C)C)cc1. The number of hydrogen-bond acceptors (Lipinski definition) is 6. The highest BCUT2D eigenvalue weighted by Gasteiger charge is 2.39. The van der Waals surface area contributed by atoms with Gasteiger partial charge in [-0.25, -0.2) is 0 Å².